The van der Waals surface area contributed by atoms with E-state index in [-0.39, 0.29) is 5.91 Å². The first kappa shape index (κ1) is 22.3. The van der Waals surface area contributed by atoms with Crippen LogP contribution in [0.4, 0.5) is 0 Å². The number of carbonyl (C=O) groups excluding carboxylic acids is 1. The summed E-state index contributed by atoms with van der Waals surface area (Å²) in [7, 11) is 1.82. The molecule has 8 nitrogen and oxygen atoms in total. The number of hydrogen-bond donors (Lipinski definition) is 1. The van der Waals surface area contributed by atoms with E-state index >= 15 is 0 Å². The van der Waals surface area contributed by atoms with Gasteiger partial charge >= 0.3 is 0 Å². The normalized spacial score (nSPS) is 18.1. The minimum atomic E-state index is 0.283. The Labute approximate surface area is 190 Å². The predicted octanol–water partition coefficient (Wildman–Crippen LogP) is 1.64. The lowest BCUT2D eigenvalue weighted by atomic mass is 10.1. The Morgan fingerprint density at radius 3 is 2.47 bits per heavy atom. The van der Waals surface area contributed by atoms with Gasteiger partial charge in [0.25, 0.3) is 0 Å². The smallest absolute Gasteiger partial charge is 0.236 e. The minimum Gasteiger partial charge on any atom is -0.349 e. The molecule has 3 heterocycles. The van der Waals surface area contributed by atoms with Crippen molar-refractivity contribution < 1.29 is 4.79 Å². The Bertz CT molecular complexity index is 881. The third-order valence-corrected chi connectivity index (χ3v) is 6.35. The maximum Gasteiger partial charge on any atom is 0.236 e. The standard InChI is InChI=1S/C24H35N7O/c1-25-24(27-18-22-26-10-13-31(22)19-21-8-4-2-5-9-21)30-16-14-28(15-17-30)20-23(32)29-11-6-3-7-12-29/h2,4-5,8-10,13H,3,6-7,11-12,14-20H2,1H3,(H,25,27). The van der Waals surface area contributed by atoms with Crippen molar-refractivity contribution in [1.29, 1.82) is 0 Å². The zero-order chi connectivity index (χ0) is 22.2. The van der Waals surface area contributed by atoms with Gasteiger partial charge in [-0.05, 0) is 24.8 Å². The van der Waals surface area contributed by atoms with Crippen LogP contribution < -0.4 is 5.32 Å². The van der Waals surface area contributed by atoms with Crippen molar-refractivity contribution in [3.05, 3.63) is 54.1 Å². The number of nitrogens with zero attached hydrogens (tertiary/aromatic N) is 6. The highest BCUT2D eigenvalue weighted by Crippen LogP contribution is 2.11. The Morgan fingerprint density at radius 1 is 1.00 bits per heavy atom. The Balaban J connectivity index is 1.24. The highest BCUT2D eigenvalue weighted by Gasteiger charge is 2.24. The molecule has 0 saturated carbocycles. The van der Waals surface area contributed by atoms with E-state index in [1.54, 1.807) is 0 Å². The topological polar surface area (TPSA) is 69.0 Å². The van der Waals surface area contributed by atoms with Crippen molar-refractivity contribution >= 4 is 11.9 Å². The summed E-state index contributed by atoms with van der Waals surface area (Å²) in [6, 6.07) is 10.4. The van der Waals surface area contributed by atoms with Crippen LogP contribution in [0.15, 0.2) is 47.7 Å². The summed E-state index contributed by atoms with van der Waals surface area (Å²) < 4.78 is 2.17. The van der Waals surface area contributed by atoms with Gasteiger partial charge < -0.3 is 19.7 Å². The molecule has 172 valence electrons. The summed E-state index contributed by atoms with van der Waals surface area (Å²) in [6.45, 7) is 7.31. The molecule has 0 spiro atoms. The quantitative estimate of drug-likeness (QED) is 0.550. The molecule has 0 atom stereocenters. The molecule has 0 aliphatic carbocycles. The van der Waals surface area contributed by atoms with Gasteiger partial charge in [-0.2, -0.15) is 0 Å². The van der Waals surface area contributed by atoms with Gasteiger partial charge in [0.15, 0.2) is 5.96 Å². The van der Waals surface area contributed by atoms with E-state index in [2.05, 4.69) is 53.9 Å². The molecule has 2 aliphatic heterocycles. The molecule has 2 aromatic rings. The number of hydrogen-bond acceptors (Lipinski definition) is 4. The van der Waals surface area contributed by atoms with Crippen molar-refractivity contribution in [1.82, 2.24) is 29.6 Å². The van der Waals surface area contributed by atoms with Crippen LogP contribution in [0.1, 0.15) is 30.7 Å². The molecule has 2 fully saturated rings. The average Bonchev–Trinajstić information content (AvgIpc) is 3.28. The van der Waals surface area contributed by atoms with E-state index in [0.717, 1.165) is 70.4 Å². The summed E-state index contributed by atoms with van der Waals surface area (Å²) >= 11 is 0. The highest BCUT2D eigenvalue weighted by atomic mass is 16.2. The number of aromatic nitrogens is 2. The number of benzene rings is 1. The van der Waals surface area contributed by atoms with Crippen LogP contribution in [0.5, 0.6) is 0 Å². The second kappa shape index (κ2) is 11.1. The van der Waals surface area contributed by atoms with Crippen LogP contribution in [0.2, 0.25) is 0 Å². The molecule has 4 rings (SSSR count). The van der Waals surface area contributed by atoms with Crippen molar-refractivity contribution in [2.45, 2.75) is 32.4 Å². The molecule has 1 aromatic heterocycles. The zero-order valence-electron chi connectivity index (χ0n) is 19.1. The van der Waals surface area contributed by atoms with Crippen LogP contribution >= 0.6 is 0 Å². The predicted molar refractivity (Wildman–Crippen MR) is 126 cm³/mol. The van der Waals surface area contributed by atoms with Crippen molar-refractivity contribution in [3.63, 3.8) is 0 Å². The highest BCUT2D eigenvalue weighted by molar-refractivity contribution is 5.80. The van der Waals surface area contributed by atoms with E-state index in [0.29, 0.717) is 13.1 Å². The lowest BCUT2D eigenvalue weighted by Crippen LogP contribution is -2.54. The molecular formula is C24H35N7O. The molecule has 0 bridgehead atoms. The third kappa shape index (κ3) is 5.88. The van der Waals surface area contributed by atoms with Crippen LogP contribution in [0.3, 0.4) is 0 Å². The van der Waals surface area contributed by atoms with Crippen LogP contribution in [0, 0.1) is 0 Å². The number of rotatable bonds is 6. The fourth-order valence-corrected chi connectivity index (χ4v) is 4.47. The fraction of sp³-hybridized carbons (Fsp3) is 0.542. The molecule has 0 unspecified atom stereocenters. The van der Waals surface area contributed by atoms with E-state index in [1.807, 2.05) is 30.4 Å². The number of imidazole rings is 1. The average molecular weight is 438 g/mol. The first-order chi connectivity index (χ1) is 15.7. The first-order valence-electron chi connectivity index (χ1n) is 11.7. The van der Waals surface area contributed by atoms with Crippen molar-refractivity contribution in [2.24, 2.45) is 4.99 Å². The molecule has 2 saturated heterocycles. The summed E-state index contributed by atoms with van der Waals surface area (Å²) in [5, 5.41) is 3.47. The molecule has 2 aliphatic rings. The van der Waals surface area contributed by atoms with Gasteiger partial charge in [-0.1, -0.05) is 30.3 Å². The summed E-state index contributed by atoms with van der Waals surface area (Å²) in [4.78, 5) is 28.2. The van der Waals surface area contributed by atoms with Gasteiger partial charge in [-0.15, -0.1) is 0 Å². The molecule has 0 radical (unpaired) electrons. The SMILES string of the molecule is CN=C(NCc1nccn1Cc1ccccc1)N1CCN(CC(=O)N2CCCCC2)CC1. The fourth-order valence-electron chi connectivity index (χ4n) is 4.47. The second-order valence-corrected chi connectivity index (χ2v) is 8.56. The van der Waals surface area contributed by atoms with Gasteiger partial charge in [-0.3, -0.25) is 14.7 Å². The third-order valence-electron chi connectivity index (χ3n) is 6.35. The van der Waals surface area contributed by atoms with Gasteiger partial charge in [0, 0.05) is 65.3 Å². The number of amides is 1. The number of guanidine groups is 1. The minimum absolute atomic E-state index is 0.283. The van der Waals surface area contributed by atoms with E-state index in [1.165, 1.54) is 12.0 Å². The monoisotopic (exact) mass is 437 g/mol. The number of carbonyl (C=O) groups is 1. The van der Waals surface area contributed by atoms with E-state index in [9.17, 15) is 4.79 Å². The maximum atomic E-state index is 12.6. The lowest BCUT2D eigenvalue weighted by Gasteiger charge is -2.37. The molecular weight excluding hydrogens is 402 g/mol. The largest absolute Gasteiger partial charge is 0.349 e. The van der Waals surface area contributed by atoms with Gasteiger partial charge in [0.05, 0.1) is 13.1 Å². The molecule has 32 heavy (non-hydrogen) atoms. The molecule has 1 N–H and O–H groups in total. The van der Waals surface area contributed by atoms with E-state index in [4.69, 9.17) is 0 Å². The molecule has 8 heteroatoms. The summed E-state index contributed by atoms with van der Waals surface area (Å²) in [5.41, 5.74) is 1.26. The van der Waals surface area contributed by atoms with Crippen molar-refractivity contribution in [2.75, 3.05) is 52.9 Å². The summed E-state index contributed by atoms with van der Waals surface area (Å²) in [6.07, 6.45) is 7.41. The first-order valence-corrected chi connectivity index (χ1v) is 11.7. The van der Waals surface area contributed by atoms with Gasteiger partial charge in [0.2, 0.25) is 5.91 Å². The van der Waals surface area contributed by atoms with Gasteiger partial charge in [-0.25, -0.2) is 4.98 Å². The van der Waals surface area contributed by atoms with Crippen molar-refractivity contribution in [3.8, 4) is 0 Å². The molecule has 1 aromatic carbocycles. The van der Waals surface area contributed by atoms with Crippen LogP contribution in [-0.4, -0.2) is 89.0 Å². The second-order valence-electron chi connectivity index (χ2n) is 8.56. The van der Waals surface area contributed by atoms with Gasteiger partial charge in [0.1, 0.15) is 5.82 Å². The number of piperazine rings is 1. The Kier molecular flexibility index (Phi) is 7.77. The Morgan fingerprint density at radius 2 is 1.75 bits per heavy atom. The lowest BCUT2D eigenvalue weighted by molar-refractivity contribution is -0.133. The number of likely N-dealkylation sites (tertiary alicyclic amines) is 1. The maximum absolute atomic E-state index is 12.6. The van der Waals surface area contributed by atoms with E-state index < -0.39 is 0 Å². The Hall–Kier alpha value is -2.87. The molecule has 1 amide bonds. The van der Waals surface area contributed by atoms with Crippen LogP contribution in [-0.2, 0) is 17.9 Å². The van der Waals surface area contributed by atoms with Crippen LogP contribution in [0.25, 0.3) is 0 Å². The zero-order valence-corrected chi connectivity index (χ0v) is 19.1. The number of piperidine rings is 1. The summed E-state index contributed by atoms with van der Waals surface area (Å²) in [5.74, 6) is 2.16. The number of nitrogens with one attached hydrogen (secondary N) is 1. The number of aliphatic imine (C=N–C) groups is 1.